The highest BCUT2D eigenvalue weighted by Gasteiger charge is 2.23. The smallest absolute Gasteiger partial charge is 0.185 e. The molecule has 3 aromatic rings. The largest absolute Gasteiger partial charge is 0.489 e. The van der Waals surface area contributed by atoms with E-state index >= 15 is 0 Å². The third-order valence-electron chi connectivity index (χ3n) is 4.54. The molecule has 0 radical (unpaired) electrons. The highest BCUT2D eigenvalue weighted by atomic mass is 35.5. The third kappa shape index (κ3) is 5.17. The fourth-order valence-electron chi connectivity index (χ4n) is 2.91. The van der Waals surface area contributed by atoms with Crippen molar-refractivity contribution >= 4 is 32.8 Å². The fourth-order valence-corrected chi connectivity index (χ4v) is 4.72. The number of ether oxygens (including phenoxy) is 1. The molecule has 0 heterocycles. The van der Waals surface area contributed by atoms with Crippen LogP contribution in [0.1, 0.15) is 11.1 Å². The lowest BCUT2D eigenvalue weighted by Crippen LogP contribution is -2.22. The van der Waals surface area contributed by atoms with Crippen LogP contribution in [0.5, 0.6) is 5.75 Å². The number of anilines is 1. The van der Waals surface area contributed by atoms with Crippen LogP contribution < -0.4 is 15.2 Å². The molecule has 0 bridgehead atoms. The van der Waals surface area contributed by atoms with Gasteiger partial charge in [-0.1, -0.05) is 41.9 Å². The highest BCUT2D eigenvalue weighted by molar-refractivity contribution is 7.90. The molecule has 0 fully saturated rings. The van der Waals surface area contributed by atoms with Crippen molar-refractivity contribution in [3.8, 4) is 5.75 Å². The Morgan fingerprint density at radius 1 is 1.03 bits per heavy atom. The van der Waals surface area contributed by atoms with Gasteiger partial charge in [0.2, 0.25) is 0 Å². The van der Waals surface area contributed by atoms with Gasteiger partial charge in [-0.3, -0.25) is 0 Å². The van der Waals surface area contributed by atoms with Gasteiger partial charge in [-0.05, 0) is 52.6 Å². The minimum Gasteiger partial charge on any atom is -0.489 e. The molecule has 0 atom stereocenters. The highest BCUT2D eigenvalue weighted by Crippen LogP contribution is 2.32. The summed E-state index contributed by atoms with van der Waals surface area (Å²) in [6.45, 7) is 0.371. The van der Waals surface area contributed by atoms with Crippen LogP contribution >= 0.6 is 11.6 Å². The van der Waals surface area contributed by atoms with Crippen LogP contribution in [0.3, 0.4) is 0 Å². The van der Waals surface area contributed by atoms with Gasteiger partial charge in [-0.2, -0.15) is 5.53 Å². The van der Waals surface area contributed by atoms with E-state index in [0.717, 1.165) is 11.3 Å². The summed E-state index contributed by atoms with van der Waals surface area (Å²) in [5.74, 6) is 0.243. The lowest BCUT2D eigenvalue weighted by molar-refractivity contribution is -0.210. The summed E-state index contributed by atoms with van der Waals surface area (Å²) in [5.41, 5.74) is 7.80. The van der Waals surface area contributed by atoms with Crippen molar-refractivity contribution in [3.63, 3.8) is 0 Å². The van der Waals surface area contributed by atoms with E-state index < -0.39 is 9.84 Å². The number of sulfone groups is 1. The van der Waals surface area contributed by atoms with Crippen LogP contribution in [0.25, 0.3) is 0 Å². The van der Waals surface area contributed by atoms with E-state index in [9.17, 15) is 8.42 Å². The standard InChI is InChI=1S/C22H22ClN3O3S/c1-26(2)18-8-11-21(25-24)22(13-18)30(27,28)15-17-12-19(9-10-20(17)23)29-14-16-6-4-3-5-7-16/h3-13,24H,14-15H2,1-2H3/p+1. The molecule has 3 aromatic carbocycles. The Bertz CT molecular complexity index is 1150. The average Bonchev–Trinajstić information content (AvgIpc) is 2.74. The zero-order chi connectivity index (χ0) is 21.7. The number of nitrogens with zero attached hydrogens (tertiary/aromatic N) is 2. The first-order valence-electron chi connectivity index (χ1n) is 9.20. The molecular formula is C22H23ClN3O3S+. The van der Waals surface area contributed by atoms with Gasteiger partial charge in [-0.15, -0.1) is 0 Å². The summed E-state index contributed by atoms with van der Waals surface area (Å²) >= 11 is 6.29. The van der Waals surface area contributed by atoms with Gasteiger partial charge < -0.3 is 9.64 Å². The quantitative estimate of drug-likeness (QED) is 0.535. The van der Waals surface area contributed by atoms with Crippen LogP contribution in [0, 0.1) is 0 Å². The first kappa shape index (κ1) is 21.8. The second kappa shape index (κ2) is 9.28. The minimum absolute atomic E-state index is 0.0582. The van der Waals surface area contributed by atoms with Crippen molar-refractivity contribution in [3.05, 3.63) is 82.9 Å². The number of halogens is 1. The van der Waals surface area contributed by atoms with Gasteiger partial charge in [0.15, 0.2) is 9.84 Å². The number of rotatable bonds is 8. The second-order valence-electron chi connectivity index (χ2n) is 6.96. The maximum atomic E-state index is 13.2. The van der Waals surface area contributed by atoms with Crippen LogP contribution in [-0.4, -0.2) is 22.5 Å². The molecule has 30 heavy (non-hydrogen) atoms. The Balaban J connectivity index is 1.88. The normalized spacial score (nSPS) is 11.2. The molecule has 0 amide bonds. The Hall–Kier alpha value is -2.90. The Morgan fingerprint density at radius 2 is 1.77 bits per heavy atom. The zero-order valence-corrected chi connectivity index (χ0v) is 18.3. The SMILES string of the molecule is CN(C)c1ccc(N=[NH2+])c(S(=O)(=O)Cc2cc(OCc3ccccc3)ccc2Cl)c1. The van der Waals surface area contributed by atoms with Gasteiger partial charge in [0.05, 0.1) is 5.75 Å². The number of hydrogen-bond donors (Lipinski definition) is 1. The molecule has 0 aliphatic rings. The monoisotopic (exact) mass is 444 g/mol. The third-order valence-corrected chi connectivity index (χ3v) is 6.60. The van der Waals surface area contributed by atoms with Gasteiger partial charge >= 0.3 is 0 Å². The summed E-state index contributed by atoms with van der Waals surface area (Å²) in [5, 5.41) is 3.97. The molecule has 0 aliphatic heterocycles. The predicted molar refractivity (Wildman–Crippen MR) is 118 cm³/mol. The van der Waals surface area contributed by atoms with Gasteiger partial charge in [0.25, 0.3) is 0 Å². The molecule has 156 valence electrons. The molecule has 0 saturated carbocycles. The molecule has 0 aliphatic carbocycles. The maximum absolute atomic E-state index is 13.2. The second-order valence-corrected chi connectivity index (χ2v) is 9.33. The van der Waals surface area contributed by atoms with Crippen molar-refractivity contribution in [2.24, 2.45) is 5.11 Å². The molecule has 0 spiro atoms. The minimum atomic E-state index is -3.76. The van der Waals surface area contributed by atoms with E-state index in [1.165, 1.54) is 0 Å². The van der Waals surface area contributed by atoms with Crippen LogP contribution in [0.4, 0.5) is 11.4 Å². The first-order chi connectivity index (χ1) is 14.3. The van der Waals surface area contributed by atoms with Crippen molar-refractivity contribution in [2.75, 3.05) is 19.0 Å². The Kier molecular flexibility index (Phi) is 6.74. The van der Waals surface area contributed by atoms with Crippen molar-refractivity contribution in [1.29, 1.82) is 0 Å². The Labute approximate surface area is 181 Å². The molecule has 6 nitrogen and oxygen atoms in total. The van der Waals surface area contributed by atoms with E-state index in [1.807, 2.05) is 49.3 Å². The van der Waals surface area contributed by atoms with E-state index in [4.69, 9.17) is 21.9 Å². The molecule has 0 unspecified atom stereocenters. The van der Waals surface area contributed by atoms with Crippen LogP contribution in [-0.2, 0) is 22.2 Å². The summed E-state index contributed by atoms with van der Waals surface area (Å²) in [7, 11) is -0.101. The number of hydrogen-bond acceptors (Lipinski definition) is 5. The van der Waals surface area contributed by atoms with Crippen molar-refractivity contribution in [2.45, 2.75) is 17.3 Å². The van der Waals surface area contributed by atoms with Crippen LogP contribution in [0.15, 0.2) is 76.7 Å². The lowest BCUT2D eigenvalue weighted by Gasteiger charge is -2.15. The van der Waals surface area contributed by atoms with Crippen molar-refractivity contribution < 1.29 is 18.7 Å². The molecule has 3 rings (SSSR count). The summed E-state index contributed by atoms with van der Waals surface area (Å²) in [4.78, 5) is 1.87. The molecule has 0 saturated heterocycles. The van der Waals surface area contributed by atoms with E-state index in [2.05, 4.69) is 5.11 Å². The molecule has 0 aromatic heterocycles. The fraction of sp³-hybridized carbons (Fsp3) is 0.182. The first-order valence-corrected chi connectivity index (χ1v) is 11.2. The van der Waals surface area contributed by atoms with E-state index in [-0.39, 0.29) is 16.3 Å². The Morgan fingerprint density at radius 3 is 2.43 bits per heavy atom. The topological polar surface area (TPSA) is 84.6 Å². The maximum Gasteiger partial charge on any atom is 0.185 e. The molecular weight excluding hydrogens is 422 g/mol. The van der Waals surface area contributed by atoms with E-state index in [0.29, 0.717) is 22.9 Å². The number of nitrogens with two attached hydrogens (primary N) is 1. The molecule has 8 heteroatoms. The van der Waals surface area contributed by atoms with Crippen LogP contribution in [0.2, 0.25) is 5.02 Å². The number of benzene rings is 3. The van der Waals surface area contributed by atoms with Gasteiger partial charge in [0, 0.05) is 24.8 Å². The lowest BCUT2D eigenvalue weighted by atomic mass is 10.2. The van der Waals surface area contributed by atoms with Gasteiger partial charge in [-0.25, -0.2) is 8.42 Å². The summed E-state index contributed by atoms with van der Waals surface area (Å²) in [6.07, 6.45) is 0. The summed E-state index contributed by atoms with van der Waals surface area (Å²) in [6, 6.07) is 19.6. The van der Waals surface area contributed by atoms with Crippen molar-refractivity contribution in [1.82, 2.24) is 0 Å². The van der Waals surface area contributed by atoms with E-state index in [1.54, 1.807) is 36.4 Å². The predicted octanol–water partition coefficient (Wildman–Crippen LogP) is 3.80. The average molecular weight is 445 g/mol. The van der Waals surface area contributed by atoms with Gasteiger partial charge in [0.1, 0.15) is 22.9 Å². The molecule has 2 N–H and O–H groups in total. The summed E-state index contributed by atoms with van der Waals surface area (Å²) < 4.78 is 32.1. The zero-order valence-electron chi connectivity index (χ0n) is 16.7.